The lowest BCUT2D eigenvalue weighted by molar-refractivity contribution is 0.102. The number of benzene rings is 1. The molecule has 1 heterocycles. The van der Waals surface area contributed by atoms with Crippen LogP contribution in [0.1, 0.15) is 10.4 Å². The topological polar surface area (TPSA) is 54.9 Å². The van der Waals surface area contributed by atoms with Gasteiger partial charge in [-0.15, -0.1) is 0 Å². The molecule has 1 amide bonds. The molecule has 0 fully saturated rings. The van der Waals surface area contributed by atoms with Crippen molar-refractivity contribution in [3.05, 3.63) is 51.6 Å². The molecule has 0 saturated carbocycles. The fourth-order valence-corrected chi connectivity index (χ4v) is 1.94. The first-order valence-electron chi connectivity index (χ1n) is 4.80. The normalized spacial score (nSPS) is 10.2. The second-order valence-electron chi connectivity index (χ2n) is 3.31. The summed E-state index contributed by atoms with van der Waals surface area (Å²) in [7, 11) is 0. The summed E-state index contributed by atoms with van der Waals surface area (Å²) in [5.41, 5.74) is 0.290. The Morgan fingerprint density at radius 3 is 2.83 bits per heavy atom. The maximum Gasteiger partial charge on any atom is 0.258 e. The van der Waals surface area contributed by atoms with Crippen molar-refractivity contribution in [1.82, 2.24) is 9.97 Å². The number of halogens is 3. The number of aromatic nitrogens is 2. The molecule has 0 atom stereocenters. The van der Waals surface area contributed by atoms with E-state index in [2.05, 4.69) is 31.2 Å². The van der Waals surface area contributed by atoms with Crippen LogP contribution in [-0.4, -0.2) is 15.9 Å². The van der Waals surface area contributed by atoms with Crippen molar-refractivity contribution in [3.8, 4) is 0 Å². The summed E-state index contributed by atoms with van der Waals surface area (Å²) in [6.07, 6.45) is 2.71. The molecule has 2 aromatic rings. The van der Waals surface area contributed by atoms with E-state index in [1.807, 2.05) is 0 Å². The molecule has 2 rings (SSSR count). The molecular weight excluding hydrogens is 324 g/mol. The van der Waals surface area contributed by atoms with Gasteiger partial charge in [-0.3, -0.25) is 9.78 Å². The van der Waals surface area contributed by atoms with E-state index >= 15 is 0 Å². The molecule has 92 valence electrons. The molecule has 1 N–H and O–H groups in total. The molecule has 18 heavy (non-hydrogen) atoms. The van der Waals surface area contributed by atoms with Crippen LogP contribution < -0.4 is 5.32 Å². The van der Waals surface area contributed by atoms with Gasteiger partial charge in [-0.25, -0.2) is 9.37 Å². The minimum Gasteiger partial charge on any atom is -0.305 e. The van der Waals surface area contributed by atoms with Crippen LogP contribution in [0, 0.1) is 5.82 Å². The minimum absolute atomic E-state index is 0.172. The minimum atomic E-state index is -0.432. The van der Waals surface area contributed by atoms with Crippen LogP contribution in [0.4, 0.5) is 10.2 Å². The van der Waals surface area contributed by atoms with E-state index < -0.39 is 11.7 Å². The Hall–Kier alpha value is -1.53. The predicted molar refractivity (Wildman–Crippen MR) is 69.1 cm³/mol. The Kier molecular flexibility index (Phi) is 3.88. The van der Waals surface area contributed by atoms with Crippen molar-refractivity contribution in [3.63, 3.8) is 0 Å². The summed E-state index contributed by atoms with van der Waals surface area (Å²) in [5.74, 6) is -0.636. The lowest BCUT2D eigenvalue weighted by Gasteiger charge is -2.06. The largest absolute Gasteiger partial charge is 0.305 e. The average Bonchev–Trinajstić information content (AvgIpc) is 2.28. The molecular formula is C11H6BrClFN3O. The number of amides is 1. The SMILES string of the molecule is O=C(Nc1cncc(Cl)n1)c1ccc(F)cc1Br. The van der Waals surface area contributed by atoms with Gasteiger partial charge in [-0.2, -0.15) is 0 Å². The van der Waals surface area contributed by atoms with Gasteiger partial charge in [-0.05, 0) is 34.1 Å². The fraction of sp³-hybridized carbons (Fsp3) is 0. The maximum absolute atomic E-state index is 12.9. The molecule has 7 heteroatoms. The van der Waals surface area contributed by atoms with Crippen LogP contribution in [0.15, 0.2) is 35.1 Å². The van der Waals surface area contributed by atoms with E-state index in [9.17, 15) is 9.18 Å². The lowest BCUT2D eigenvalue weighted by Crippen LogP contribution is -2.14. The number of nitrogens with zero attached hydrogens (tertiary/aromatic N) is 2. The second-order valence-corrected chi connectivity index (χ2v) is 4.55. The Morgan fingerprint density at radius 1 is 1.39 bits per heavy atom. The van der Waals surface area contributed by atoms with Gasteiger partial charge >= 0.3 is 0 Å². The van der Waals surface area contributed by atoms with Crippen molar-refractivity contribution >= 4 is 39.3 Å². The third-order valence-electron chi connectivity index (χ3n) is 2.02. The second kappa shape index (κ2) is 5.41. The molecule has 0 spiro atoms. The third kappa shape index (κ3) is 3.02. The van der Waals surface area contributed by atoms with E-state index in [0.717, 1.165) is 0 Å². The third-order valence-corrected chi connectivity index (χ3v) is 2.86. The highest BCUT2D eigenvalue weighted by Crippen LogP contribution is 2.19. The van der Waals surface area contributed by atoms with Gasteiger partial charge in [-0.1, -0.05) is 11.6 Å². The zero-order chi connectivity index (χ0) is 13.1. The highest BCUT2D eigenvalue weighted by atomic mass is 79.9. The van der Waals surface area contributed by atoms with Gasteiger partial charge in [0.15, 0.2) is 5.82 Å². The zero-order valence-corrected chi connectivity index (χ0v) is 11.2. The fourth-order valence-electron chi connectivity index (χ4n) is 1.26. The molecule has 0 radical (unpaired) electrons. The molecule has 0 aliphatic rings. The summed E-state index contributed by atoms with van der Waals surface area (Å²) in [6.45, 7) is 0. The van der Waals surface area contributed by atoms with Crippen molar-refractivity contribution in [2.24, 2.45) is 0 Å². The number of nitrogens with one attached hydrogen (secondary N) is 1. The first-order valence-corrected chi connectivity index (χ1v) is 5.97. The number of anilines is 1. The summed E-state index contributed by atoms with van der Waals surface area (Å²) < 4.78 is 13.2. The summed E-state index contributed by atoms with van der Waals surface area (Å²) in [6, 6.07) is 3.77. The summed E-state index contributed by atoms with van der Waals surface area (Å²) >= 11 is 8.76. The van der Waals surface area contributed by atoms with Gasteiger partial charge in [0.1, 0.15) is 11.0 Å². The molecule has 0 bridgehead atoms. The van der Waals surface area contributed by atoms with E-state index in [1.165, 1.54) is 30.6 Å². The van der Waals surface area contributed by atoms with Gasteiger partial charge in [0, 0.05) is 4.47 Å². The van der Waals surface area contributed by atoms with Crippen LogP contribution in [-0.2, 0) is 0 Å². The van der Waals surface area contributed by atoms with E-state index in [1.54, 1.807) is 0 Å². The number of carbonyl (C=O) groups excluding carboxylic acids is 1. The number of hydrogen-bond acceptors (Lipinski definition) is 3. The van der Waals surface area contributed by atoms with Crippen LogP contribution in [0.25, 0.3) is 0 Å². The van der Waals surface area contributed by atoms with Crippen LogP contribution in [0.5, 0.6) is 0 Å². The van der Waals surface area contributed by atoms with E-state index in [-0.39, 0.29) is 16.5 Å². The number of hydrogen-bond donors (Lipinski definition) is 1. The smallest absolute Gasteiger partial charge is 0.258 e. The Labute approximate surface area is 115 Å². The molecule has 0 unspecified atom stereocenters. The van der Waals surface area contributed by atoms with Gasteiger partial charge in [0.05, 0.1) is 18.0 Å². The number of carbonyl (C=O) groups is 1. The zero-order valence-electron chi connectivity index (χ0n) is 8.82. The van der Waals surface area contributed by atoms with Gasteiger partial charge in [0.2, 0.25) is 0 Å². The molecule has 0 aliphatic heterocycles. The maximum atomic E-state index is 12.9. The summed E-state index contributed by atoms with van der Waals surface area (Å²) in [4.78, 5) is 19.5. The first kappa shape index (κ1) is 12.9. The van der Waals surface area contributed by atoms with Crippen LogP contribution in [0.2, 0.25) is 5.15 Å². The molecule has 4 nitrogen and oxygen atoms in total. The molecule has 1 aromatic heterocycles. The Bertz CT molecular complexity index is 609. The predicted octanol–water partition coefficient (Wildman–Crippen LogP) is 3.28. The van der Waals surface area contributed by atoms with Crippen molar-refractivity contribution in [1.29, 1.82) is 0 Å². The quantitative estimate of drug-likeness (QED) is 0.919. The monoisotopic (exact) mass is 329 g/mol. The van der Waals surface area contributed by atoms with E-state index in [4.69, 9.17) is 11.6 Å². The van der Waals surface area contributed by atoms with Crippen molar-refractivity contribution in [2.75, 3.05) is 5.32 Å². The molecule has 1 aromatic carbocycles. The van der Waals surface area contributed by atoms with Crippen molar-refractivity contribution < 1.29 is 9.18 Å². The standard InChI is InChI=1S/C11H6BrClFN3O/c12-8-3-6(14)1-2-7(8)11(18)17-10-5-15-4-9(13)16-10/h1-5H,(H,16,17,18). The van der Waals surface area contributed by atoms with Crippen LogP contribution >= 0.6 is 27.5 Å². The average molecular weight is 331 g/mol. The van der Waals surface area contributed by atoms with E-state index in [0.29, 0.717) is 4.47 Å². The van der Waals surface area contributed by atoms with Gasteiger partial charge in [0.25, 0.3) is 5.91 Å². The summed E-state index contributed by atoms with van der Waals surface area (Å²) in [5, 5.41) is 2.68. The number of rotatable bonds is 2. The Morgan fingerprint density at radius 2 is 2.17 bits per heavy atom. The first-order chi connectivity index (χ1) is 8.56. The van der Waals surface area contributed by atoms with Gasteiger partial charge < -0.3 is 5.32 Å². The molecule has 0 aliphatic carbocycles. The lowest BCUT2D eigenvalue weighted by atomic mass is 10.2. The highest BCUT2D eigenvalue weighted by molar-refractivity contribution is 9.10. The molecule has 0 saturated heterocycles. The highest BCUT2D eigenvalue weighted by Gasteiger charge is 2.11. The Balaban J connectivity index is 2.22. The van der Waals surface area contributed by atoms with Crippen LogP contribution in [0.3, 0.4) is 0 Å². The van der Waals surface area contributed by atoms with Crippen molar-refractivity contribution in [2.45, 2.75) is 0 Å².